The highest BCUT2D eigenvalue weighted by molar-refractivity contribution is 5.80. The average Bonchev–Trinajstić information content (AvgIpc) is 3.04. The molecule has 0 unspecified atom stereocenters. The van der Waals surface area contributed by atoms with E-state index in [-0.39, 0.29) is 17.7 Å². The van der Waals surface area contributed by atoms with Gasteiger partial charge in [0, 0.05) is 52.4 Å². The highest BCUT2D eigenvalue weighted by Crippen LogP contribution is 2.29. The Morgan fingerprint density at radius 1 is 1.27 bits per heavy atom. The quantitative estimate of drug-likeness (QED) is 0.897. The molecule has 2 atom stereocenters. The zero-order valence-corrected chi connectivity index (χ0v) is 13.5. The Balaban J connectivity index is 1.80. The van der Waals surface area contributed by atoms with Gasteiger partial charge in [0.15, 0.2) is 0 Å². The standard InChI is InChI=1S/C16H25N5O/c1-20(2)15(22)13-11-17-10-12(13)14-6-7-18-16(19-14)21-8-4-3-5-9-21/h6-7,12-13,17H,3-5,8-11H2,1-2H3/t12-,13-/m0/s1. The van der Waals surface area contributed by atoms with E-state index in [4.69, 9.17) is 4.98 Å². The third kappa shape index (κ3) is 3.06. The Hall–Kier alpha value is -1.69. The molecule has 2 saturated heterocycles. The second-order valence-corrected chi connectivity index (χ2v) is 6.43. The second-order valence-electron chi connectivity index (χ2n) is 6.43. The first-order chi connectivity index (χ1) is 10.7. The van der Waals surface area contributed by atoms with Gasteiger partial charge < -0.3 is 15.1 Å². The fourth-order valence-corrected chi connectivity index (χ4v) is 3.40. The predicted molar refractivity (Wildman–Crippen MR) is 85.9 cm³/mol. The Bertz CT molecular complexity index is 527. The summed E-state index contributed by atoms with van der Waals surface area (Å²) in [5.41, 5.74) is 0.987. The van der Waals surface area contributed by atoms with Crippen LogP contribution in [0, 0.1) is 5.92 Å². The van der Waals surface area contributed by atoms with Crippen molar-refractivity contribution in [1.82, 2.24) is 20.2 Å². The van der Waals surface area contributed by atoms with Gasteiger partial charge in [-0.05, 0) is 25.3 Å². The molecule has 1 aromatic rings. The summed E-state index contributed by atoms with van der Waals surface area (Å²) in [4.78, 5) is 25.5. The number of aromatic nitrogens is 2. The number of anilines is 1. The van der Waals surface area contributed by atoms with Gasteiger partial charge in [0.25, 0.3) is 0 Å². The lowest BCUT2D eigenvalue weighted by atomic mass is 9.91. The van der Waals surface area contributed by atoms with Gasteiger partial charge in [-0.1, -0.05) is 0 Å². The summed E-state index contributed by atoms with van der Waals surface area (Å²) < 4.78 is 0. The average molecular weight is 303 g/mol. The van der Waals surface area contributed by atoms with Crippen LogP contribution >= 0.6 is 0 Å². The second kappa shape index (κ2) is 6.60. The lowest BCUT2D eigenvalue weighted by Gasteiger charge is -2.27. The molecule has 3 heterocycles. The van der Waals surface area contributed by atoms with E-state index < -0.39 is 0 Å². The van der Waals surface area contributed by atoms with Gasteiger partial charge in [-0.25, -0.2) is 9.97 Å². The summed E-state index contributed by atoms with van der Waals surface area (Å²) in [6, 6.07) is 1.96. The molecule has 0 bridgehead atoms. The number of nitrogens with zero attached hydrogens (tertiary/aromatic N) is 4. The third-order valence-electron chi connectivity index (χ3n) is 4.66. The first-order valence-corrected chi connectivity index (χ1v) is 8.16. The van der Waals surface area contributed by atoms with Crippen LogP contribution in [0.4, 0.5) is 5.95 Å². The molecule has 0 aromatic carbocycles. The molecule has 0 saturated carbocycles. The van der Waals surface area contributed by atoms with Crippen molar-refractivity contribution in [2.75, 3.05) is 45.2 Å². The fourth-order valence-electron chi connectivity index (χ4n) is 3.40. The van der Waals surface area contributed by atoms with E-state index in [0.717, 1.165) is 37.8 Å². The molecule has 0 aliphatic carbocycles. The van der Waals surface area contributed by atoms with Crippen molar-refractivity contribution in [1.29, 1.82) is 0 Å². The Morgan fingerprint density at radius 2 is 2.05 bits per heavy atom. The van der Waals surface area contributed by atoms with E-state index in [0.29, 0.717) is 0 Å². The predicted octanol–water partition coefficient (Wildman–Crippen LogP) is 0.858. The first-order valence-electron chi connectivity index (χ1n) is 8.16. The summed E-state index contributed by atoms with van der Waals surface area (Å²) in [6.07, 6.45) is 5.55. The molecule has 1 aromatic heterocycles. The first kappa shape index (κ1) is 15.2. The highest BCUT2D eigenvalue weighted by atomic mass is 16.2. The maximum absolute atomic E-state index is 12.3. The molecule has 1 N–H and O–H groups in total. The number of nitrogens with one attached hydrogen (secondary N) is 1. The van der Waals surface area contributed by atoms with Gasteiger partial charge >= 0.3 is 0 Å². The van der Waals surface area contributed by atoms with Crippen molar-refractivity contribution in [3.05, 3.63) is 18.0 Å². The maximum atomic E-state index is 12.3. The molecule has 120 valence electrons. The molecule has 1 amide bonds. The lowest BCUT2D eigenvalue weighted by molar-refractivity contribution is -0.132. The van der Waals surface area contributed by atoms with Crippen molar-refractivity contribution >= 4 is 11.9 Å². The molecule has 0 radical (unpaired) electrons. The number of hydrogen-bond acceptors (Lipinski definition) is 5. The minimum absolute atomic E-state index is 0.0286. The summed E-state index contributed by atoms with van der Waals surface area (Å²) in [5.74, 6) is 1.11. The normalized spacial score (nSPS) is 25.3. The van der Waals surface area contributed by atoms with Crippen LogP contribution in [0.15, 0.2) is 12.3 Å². The van der Waals surface area contributed by atoms with Crippen molar-refractivity contribution in [2.45, 2.75) is 25.2 Å². The number of hydrogen-bond donors (Lipinski definition) is 1. The Labute approximate surface area is 131 Å². The van der Waals surface area contributed by atoms with Crippen LogP contribution in [0.5, 0.6) is 0 Å². The smallest absolute Gasteiger partial charge is 0.227 e. The van der Waals surface area contributed by atoms with Crippen LogP contribution in [0.3, 0.4) is 0 Å². The van der Waals surface area contributed by atoms with E-state index in [2.05, 4.69) is 15.2 Å². The zero-order chi connectivity index (χ0) is 15.5. The van der Waals surface area contributed by atoms with Crippen molar-refractivity contribution in [2.24, 2.45) is 5.92 Å². The van der Waals surface area contributed by atoms with E-state index in [1.807, 2.05) is 26.4 Å². The monoisotopic (exact) mass is 303 g/mol. The summed E-state index contributed by atoms with van der Waals surface area (Å²) in [7, 11) is 3.63. The molecule has 22 heavy (non-hydrogen) atoms. The van der Waals surface area contributed by atoms with Crippen LogP contribution in [0.25, 0.3) is 0 Å². The van der Waals surface area contributed by atoms with Crippen molar-refractivity contribution in [3.63, 3.8) is 0 Å². The van der Waals surface area contributed by atoms with Crippen LogP contribution in [-0.2, 0) is 4.79 Å². The van der Waals surface area contributed by atoms with E-state index in [9.17, 15) is 4.79 Å². The van der Waals surface area contributed by atoms with Crippen molar-refractivity contribution < 1.29 is 4.79 Å². The van der Waals surface area contributed by atoms with Crippen LogP contribution in [0.2, 0.25) is 0 Å². The molecule has 6 nitrogen and oxygen atoms in total. The molecule has 2 aliphatic heterocycles. The molecular formula is C16H25N5O. The number of carbonyl (C=O) groups excluding carboxylic acids is 1. The summed E-state index contributed by atoms with van der Waals surface area (Å²) >= 11 is 0. The number of rotatable bonds is 3. The molecule has 2 aliphatic rings. The van der Waals surface area contributed by atoms with Gasteiger partial charge in [0.2, 0.25) is 11.9 Å². The van der Waals surface area contributed by atoms with Gasteiger partial charge in [0.1, 0.15) is 0 Å². The molecule has 3 rings (SSSR count). The van der Waals surface area contributed by atoms with E-state index in [1.165, 1.54) is 19.3 Å². The fraction of sp³-hybridized carbons (Fsp3) is 0.688. The largest absolute Gasteiger partial charge is 0.349 e. The number of amides is 1. The number of carbonyl (C=O) groups is 1. The third-order valence-corrected chi connectivity index (χ3v) is 4.66. The van der Waals surface area contributed by atoms with Crippen LogP contribution < -0.4 is 10.2 Å². The molecular weight excluding hydrogens is 278 g/mol. The summed E-state index contributed by atoms with van der Waals surface area (Å²) in [6.45, 7) is 3.60. The van der Waals surface area contributed by atoms with Gasteiger partial charge in [-0.2, -0.15) is 0 Å². The number of piperidine rings is 1. The summed E-state index contributed by atoms with van der Waals surface area (Å²) in [5, 5.41) is 3.33. The van der Waals surface area contributed by atoms with Gasteiger partial charge in [0.05, 0.1) is 11.6 Å². The lowest BCUT2D eigenvalue weighted by Crippen LogP contribution is -2.34. The molecule has 6 heteroatoms. The highest BCUT2D eigenvalue weighted by Gasteiger charge is 2.36. The van der Waals surface area contributed by atoms with Gasteiger partial charge in [-0.15, -0.1) is 0 Å². The topological polar surface area (TPSA) is 61.4 Å². The zero-order valence-electron chi connectivity index (χ0n) is 13.5. The minimum Gasteiger partial charge on any atom is -0.349 e. The Kier molecular flexibility index (Phi) is 4.57. The van der Waals surface area contributed by atoms with Gasteiger partial charge in [-0.3, -0.25) is 4.79 Å². The maximum Gasteiger partial charge on any atom is 0.227 e. The van der Waals surface area contributed by atoms with E-state index >= 15 is 0 Å². The van der Waals surface area contributed by atoms with E-state index in [1.54, 1.807) is 4.90 Å². The molecule has 2 fully saturated rings. The van der Waals surface area contributed by atoms with Crippen LogP contribution in [0.1, 0.15) is 30.9 Å². The van der Waals surface area contributed by atoms with Crippen molar-refractivity contribution in [3.8, 4) is 0 Å². The minimum atomic E-state index is -0.0286. The SMILES string of the molecule is CN(C)C(=O)[C@H]1CNC[C@@H]1c1ccnc(N2CCCCC2)n1. The Morgan fingerprint density at radius 3 is 2.77 bits per heavy atom. The molecule has 0 spiro atoms. The van der Waals surface area contributed by atoms with Crippen LogP contribution in [-0.4, -0.2) is 61.0 Å².